The molecule has 2 amide bonds. The lowest BCUT2D eigenvalue weighted by Gasteiger charge is -2.38. The summed E-state index contributed by atoms with van der Waals surface area (Å²) in [4.78, 5) is 34.9. The molecule has 2 saturated carbocycles. The molecule has 1 N–H and O–H groups in total. The fraction of sp³-hybridized carbons (Fsp3) is 0.692. The lowest BCUT2D eigenvalue weighted by atomic mass is 9.90. The van der Waals surface area contributed by atoms with Crippen molar-refractivity contribution in [1.29, 1.82) is 0 Å². The first-order chi connectivity index (χ1) is 16.8. The number of halogens is 2. The Hall–Kier alpha value is -1.54. The van der Waals surface area contributed by atoms with Gasteiger partial charge in [0.1, 0.15) is 6.04 Å². The number of rotatable bonds is 7. The van der Waals surface area contributed by atoms with Crippen LogP contribution in [0.25, 0.3) is 0 Å². The lowest BCUT2D eigenvalue weighted by Crippen LogP contribution is -2.53. The summed E-state index contributed by atoms with van der Waals surface area (Å²) in [7, 11) is 1.87. The highest BCUT2D eigenvalue weighted by Gasteiger charge is 2.51. The first-order valence-electron chi connectivity index (χ1n) is 12.9. The third kappa shape index (κ3) is 5.43. The van der Waals surface area contributed by atoms with Gasteiger partial charge in [0.2, 0.25) is 11.8 Å². The van der Waals surface area contributed by atoms with E-state index in [1.165, 1.54) is 0 Å². The molecule has 5 rings (SSSR count). The molecule has 0 bridgehead atoms. The molecule has 4 fully saturated rings. The standard InChI is InChI=1S/C26H36Cl2N4O3/c1-29(18-2-3-18)25(35)22(6-11-30-13-10-26(8-9-26)23(33)17-30)32-15-14-31(12-7-24(32)34)19-4-5-20(27)21(28)16-19/h4-5,16,18,22-23,33H,2-3,6-15,17H2,1H3. The molecule has 2 aliphatic carbocycles. The fourth-order valence-corrected chi connectivity index (χ4v) is 6.02. The number of carbonyl (C=O) groups is 2. The predicted molar refractivity (Wildman–Crippen MR) is 138 cm³/mol. The van der Waals surface area contributed by atoms with Crippen molar-refractivity contribution in [2.45, 2.75) is 63.1 Å². The van der Waals surface area contributed by atoms with Gasteiger partial charge in [-0.15, -0.1) is 0 Å². The highest BCUT2D eigenvalue weighted by atomic mass is 35.5. The van der Waals surface area contributed by atoms with Crippen LogP contribution in [0.15, 0.2) is 18.2 Å². The van der Waals surface area contributed by atoms with Gasteiger partial charge in [-0.3, -0.25) is 9.59 Å². The zero-order chi connectivity index (χ0) is 24.7. The smallest absolute Gasteiger partial charge is 0.245 e. The number of nitrogens with zero attached hydrogens (tertiary/aromatic N) is 4. The lowest BCUT2D eigenvalue weighted by molar-refractivity contribution is -0.145. The summed E-state index contributed by atoms with van der Waals surface area (Å²) in [6, 6.07) is 5.36. The first-order valence-corrected chi connectivity index (χ1v) is 13.7. The molecule has 2 unspecified atom stereocenters. The molecule has 1 spiro atoms. The summed E-state index contributed by atoms with van der Waals surface area (Å²) in [5, 5.41) is 11.6. The summed E-state index contributed by atoms with van der Waals surface area (Å²) in [5.74, 6) is 0.0609. The van der Waals surface area contributed by atoms with Crippen LogP contribution < -0.4 is 4.90 Å². The Bertz CT molecular complexity index is 968. The van der Waals surface area contributed by atoms with Gasteiger partial charge in [0, 0.05) is 57.9 Å². The van der Waals surface area contributed by atoms with Crippen LogP contribution >= 0.6 is 23.2 Å². The summed E-state index contributed by atoms with van der Waals surface area (Å²) in [6.07, 6.45) is 6.02. The number of piperidine rings is 1. The second kappa shape index (κ2) is 10.1. The summed E-state index contributed by atoms with van der Waals surface area (Å²) < 4.78 is 0. The van der Waals surface area contributed by atoms with Gasteiger partial charge in [-0.1, -0.05) is 23.2 Å². The number of likely N-dealkylation sites (N-methyl/N-ethyl adjacent to an activating group) is 1. The van der Waals surface area contributed by atoms with Crippen molar-refractivity contribution in [3.05, 3.63) is 28.2 Å². The monoisotopic (exact) mass is 522 g/mol. The number of aliphatic hydroxyl groups is 1. The van der Waals surface area contributed by atoms with Crippen molar-refractivity contribution in [1.82, 2.24) is 14.7 Å². The van der Waals surface area contributed by atoms with Crippen molar-refractivity contribution >= 4 is 40.7 Å². The van der Waals surface area contributed by atoms with E-state index in [9.17, 15) is 14.7 Å². The van der Waals surface area contributed by atoms with Gasteiger partial charge in [0.15, 0.2) is 0 Å². The number of benzene rings is 1. The molecular weight excluding hydrogens is 487 g/mol. The quantitative estimate of drug-likeness (QED) is 0.595. The molecular formula is C26H36Cl2N4O3. The Morgan fingerprint density at radius 3 is 2.57 bits per heavy atom. The van der Waals surface area contributed by atoms with E-state index in [0.717, 1.165) is 44.3 Å². The molecule has 1 aromatic rings. The Balaban J connectivity index is 1.28. The zero-order valence-electron chi connectivity index (χ0n) is 20.5. The molecule has 1 aromatic carbocycles. The van der Waals surface area contributed by atoms with E-state index in [2.05, 4.69) is 9.80 Å². The maximum absolute atomic E-state index is 13.6. The van der Waals surface area contributed by atoms with Crippen LogP contribution in [0.5, 0.6) is 0 Å². The number of anilines is 1. The van der Waals surface area contributed by atoms with Crippen LogP contribution in [0.3, 0.4) is 0 Å². The van der Waals surface area contributed by atoms with E-state index in [1.807, 2.05) is 29.0 Å². The van der Waals surface area contributed by atoms with Gasteiger partial charge in [-0.25, -0.2) is 0 Å². The van der Waals surface area contributed by atoms with E-state index in [1.54, 1.807) is 6.07 Å². The molecule has 0 radical (unpaired) electrons. The van der Waals surface area contributed by atoms with Crippen LogP contribution in [0.2, 0.25) is 10.0 Å². The van der Waals surface area contributed by atoms with Gasteiger partial charge < -0.3 is 24.7 Å². The number of β-amino-alcohol motifs (C(OH)–C–C–N with tert-alkyl or cyclic N) is 1. The molecule has 2 atom stereocenters. The SMILES string of the molecule is CN(C(=O)C(CCN1CCC2(CC2)C(O)C1)N1CCN(c2ccc(Cl)c(Cl)c2)CCC1=O)C1CC1. The third-order valence-electron chi connectivity index (χ3n) is 8.57. The number of carbonyl (C=O) groups excluding carboxylic acids is 2. The molecule has 2 saturated heterocycles. The molecule has 0 aromatic heterocycles. The third-order valence-corrected chi connectivity index (χ3v) is 9.31. The van der Waals surface area contributed by atoms with Crippen molar-refractivity contribution in [2.75, 3.05) is 51.2 Å². The maximum atomic E-state index is 13.6. The van der Waals surface area contributed by atoms with Crippen LogP contribution in [0.1, 0.15) is 44.9 Å². The van der Waals surface area contributed by atoms with Gasteiger partial charge in [-0.05, 0) is 68.7 Å². The fourth-order valence-electron chi connectivity index (χ4n) is 5.73. The summed E-state index contributed by atoms with van der Waals surface area (Å²) in [6.45, 7) is 4.02. The largest absolute Gasteiger partial charge is 0.391 e. The van der Waals surface area contributed by atoms with E-state index < -0.39 is 6.04 Å². The Morgan fingerprint density at radius 2 is 1.91 bits per heavy atom. The molecule has 4 aliphatic rings. The minimum Gasteiger partial charge on any atom is -0.391 e. The average molecular weight is 524 g/mol. The minimum atomic E-state index is -0.476. The molecule has 2 aliphatic heterocycles. The van der Waals surface area contributed by atoms with E-state index in [-0.39, 0.29) is 23.3 Å². The van der Waals surface area contributed by atoms with Crippen molar-refractivity contribution < 1.29 is 14.7 Å². The summed E-state index contributed by atoms with van der Waals surface area (Å²) in [5.41, 5.74) is 1.09. The molecule has 9 heteroatoms. The van der Waals surface area contributed by atoms with Crippen LogP contribution in [-0.2, 0) is 9.59 Å². The van der Waals surface area contributed by atoms with Gasteiger partial charge in [-0.2, -0.15) is 0 Å². The second-order valence-electron chi connectivity index (χ2n) is 10.8. The number of likely N-dealkylation sites (tertiary alicyclic amines) is 1. The van der Waals surface area contributed by atoms with Crippen molar-refractivity contribution in [3.8, 4) is 0 Å². The van der Waals surface area contributed by atoms with Crippen LogP contribution in [0.4, 0.5) is 5.69 Å². The topological polar surface area (TPSA) is 67.3 Å². The number of hydrogen-bond donors (Lipinski definition) is 1. The molecule has 2 heterocycles. The van der Waals surface area contributed by atoms with E-state index >= 15 is 0 Å². The van der Waals surface area contributed by atoms with Gasteiger partial charge >= 0.3 is 0 Å². The Morgan fingerprint density at radius 1 is 1.14 bits per heavy atom. The maximum Gasteiger partial charge on any atom is 0.245 e. The Labute approximate surface area is 217 Å². The van der Waals surface area contributed by atoms with Crippen LogP contribution in [-0.4, -0.2) is 96.1 Å². The second-order valence-corrected chi connectivity index (χ2v) is 11.7. The van der Waals surface area contributed by atoms with E-state index in [0.29, 0.717) is 61.7 Å². The zero-order valence-corrected chi connectivity index (χ0v) is 22.0. The number of amides is 2. The molecule has 7 nitrogen and oxygen atoms in total. The van der Waals surface area contributed by atoms with Crippen LogP contribution in [0, 0.1) is 5.41 Å². The highest BCUT2D eigenvalue weighted by Crippen LogP contribution is 2.53. The minimum absolute atomic E-state index is 0.0192. The van der Waals surface area contributed by atoms with E-state index in [4.69, 9.17) is 23.2 Å². The molecule has 192 valence electrons. The highest BCUT2D eigenvalue weighted by molar-refractivity contribution is 6.42. The van der Waals surface area contributed by atoms with Crippen molar-refractivity contribution in [3.63, 3.8) is 0 Å². The Kier molecular flexibility index (Phi) is 7.23. The summed E-state index contributed by atoms with van der Waals surface area (Å²) >= 11 is 12.3. The normalized spacial score (nSPS) is 25.5. The van der Waals surface area contributed by atoms with Gasteiger partial charge in [0.05, 0.1) is 16.1 Å². The predicted octanol–water partition coefficient (Wildman–Crippen LogP) is 3.26. The van der Waals surface area contributed by atoms with Crippen molar-refractivity contribution in [2.24, 2.45) is 5.41 Å². The number of hydrogen-bond acceptors (Lipinski definition) is 5. The number of aliphatic hydroxyl groups excluding tert-OH is 1. The molecule has 35 heavy (non-hydrogen) atoms. The average Bonchev–Trinajstić information content (AvgIpc) is 3.75. The first kappa shape index (κ1) is 25.1. The van der Waals surface area contributed by atoms with Gasteiger partial charge in [0.25, 0.3) is 0 Å².